The lowest BCUT2D eigenvalue weighted by Gasteiger charge is -2.26. The molecule has 0 saturated heterocycles. The van der Waals surface area contributed by atoms with Gasteiger partial charge < -0.3 is 10.2 Å². The summed E-state index contributed by atoms with van der Waals surface area (Å²) in [5.41, 5.74) is 1.58. The van der Waals surface area contributed by atoms with Crippen molar-refractivity contribution in [1.29, 1.82) is 0 Å². The number of aldehydes is 1. The van der Waals surface area contributed by atoms with E-state index in [9.17, 15) is 18.4 Å². The Morgan fingerprint density at radius 3 is 2.26 bits per heavy atom. The first kappa shape index (κ1) is 38.6. The third kappa shape index (κ3) is 16.9. The number of halogens is 4. The van der Waals surface area contributed by atoms with E-state index in [1.807, 2.05) is 44.2 Å². The molecule has 2 aromatic rings. The highest BCUT2D eigenvalue weighted by Crippen LogP contribution is 2.25. The van der Waals surface area contributed by atoms with Gasteiger partial charge in [-0.2, -0.15) is 0 Å². The van der Waals surface area contributed by atoms with Gasteiger partial charge in [-0.05, 0) is 68.6 Å². The number of carbonyl (C=O) groups is 2. The van der Waals surface area contributed by atoms with Crippen molar-refractivity contribution in [2.45, 2.75) is 52.9 Å². The minimum atomic E-state index is -1.09. The number of allylic oxidation sites excluding steroid dienone is 3. The molecule has 39 heavy (non-hydrogen) atoms. The van der Waals surface area contributed by atoms with Crippen molar-refractivity contribution >= 4 is 41.1 Å². The molecule has 0 bridgehead atoms. The van der Waals surface area contributed by atoms with Gasteiger partial charge in [0.25, 0.3) is 5.91 Å². The maximum Gasteiger partial charge on any atom is 0.261 e. The number of alkyl halides is 2. The number of carbonyl (C=O) groups excluding carboxylic acids is 2. The van der Waals surface area contributed by atoms with E-state index in [0.29, 0.717) is 12.4 Å². The molecule has 8 heteroatoms. The van der Waals surface area contributed by atoms with Gasteiger partial charge in [-0.25, -0.2) is 8.78 Å². The lowest BCUT2D eigenvalue weighted by molar-refractivity contribution is -0.104. The van der Waals surface area contributed by atoms with Gasteiger partial charge in [-0.15, -0.1) is 29.8 Å². The number of unbranched alkanes of at least 4 members (excludes halogenated alkanes) is 1. The van der Waals surface area contributed by atoms with Crippen LogP contribution < -0.4 is 10.2 Å². The Bertz CT molecular complexity index is 956. The zero-order valence-electron chi connectivity index (χ0n) is 23.7. The molecular weight excluding hydrogens is 541 g/mol. The Kier molecular flexibility index (Phi) is 26.8. The van der Waals surface area contributed by atoms with Crippen molar-refractivity contribution in [2.75, 3.05) is 36.8 Å². The van der Waals surface area contributed by atoms with Crippen LogP contribution in [0.5, 0.6) is 0 Å². The van der Waals surface area contributed by atoms with Crippen LogP contribution in [-0.4, -0.2) is 44.1 Å². The maximum atomic E-state index is 14.2. The first-order valence-electron chi connectivity index (χ1n) is 13.1. The zero-order valence-corrected chi connectivity index (χ0v) is 25.2. The first-order valence-corrected chi connectivity index (χ1v) is 14.4. The average Bonchev–Trinajstić information content (AvgIpc) is 2.97. The highest BCUT2D eigenvalue weighted by atomic mass is 35.5. The zero-order chi connectivity index (χ0) is 29.9. The molecule has 0 aliphatic rings. The van der Waals surface area contributed by atoms with Crippen LogP contribution in [0.4, 0.5) is 14.5 Å². The van der Waals surface area contributed by atoms with Crippen LogP contribution in [0.25, 0.3) is 0 Å². The summed E-state index contributed by atoms with van der Waals surface area (Å²) in [4.78, 5) is 24.2. The number of anilines is 1. The summed E-state index contributed by atoms with van der Waals surface area (Å²) in [6.07, 6.45) is 11.6. The summed E-state index contributed by atoms with van der Waals surface area (Å²) < 4.78 is 27.9. The van der Waals surface area contributed by atoms with Gasteiger partial charge in [-0.1, -0.05) is 63.6 Å². The number of hydrogen-bond acceptors (Lipinski definition) is 3. The molecule has 0 spiro atoms. The predicted octanol–water partition coefficient (Wildman–Crippen LogP) is 8.37. The van der Waals surface area contributed by atoms with Crippen LogP contribution in [0, 0.1) is 11.6 Å². The number of hydrogen-bond donors (Lipinski definition) is 1. The Morgan fingerprint density at radius 1 is 1.05 bits per heavy atom. The van der Waals surface area contributed by atoms with Gasteiger partial charge >= 0.3 is 0 Å². The van der Waals surface area contributed by atoms with Crippen LogP contribution >= 0.6 is 23.2 Å². The van der Waals surface area contributed by atoms with Crippen LogP contribution in [0.1, 0.15) is 62.4 Å². The van der Waals surface area contributed by atoms with E-state index in [1.54, 1.807) is 11.0 Å². The summed E-state index contributed by atoms with van der Waals surface area (Å²) in [7, 11) is 0. The van der Waals surface area contributed by atoms with Gasteiger partial charge in [0.2, 0.25) is 0 Å². The van der Waals surface area contributed by atoms with E-state index in [4.69, 9.17) is 11.6 Å². The quantitative estimate of drug-likeness (QED) is 0.0845. The lowest BCUT2D eigenvalue weighted by atomic mass is 10.1. The van der Waals surface area contributed by atoms with Crippen LogP contribution in [0.2, 0.25) is 0 Å². The average molecular weight is 586 g/mol. The molecule has 0 saturated carbocycles. The molecular formula is C31H44Cl2F2N2O2. The monoisotopic (exact) mass is 584 g/mol. The molecule has 0 aliphatic heterocycles. The molecule has 0 radical (unpaired) electrons. The molecule has 0 aliphatic carbocycles. The molecule has 1 N–H and O–H groups in total. The second-order valence-electron chi connectivity index (χ2n) is 7.91. The van der Waals surface area contributed by atoms with Crippen molar-refractivity contribution in [3.05, 3.63) is 90.0 Å². The highest BCUT2D eigenvalue weighted by molar-refractivity contribution is 6.18. The van der Waals surface area contributed by atoms with Gasteiger partial charge in [0.05, 0.1) is 5.56 Å². The molecule has 2 aromatic carbocycles. The van der Waals surface area contributed by atoms with E-state index in [1.165, 1.54) is 24.6 Å². The minimum absolute atomic E-state index is 0.229. The van der Waals surface area contributed by atoms with E-state index >= 15 is 0 Å². The topological polar surface area (TPSA) is 49.4 Å². The number of nitrogens with one attached hydrogen (secondary N) is 1. The number of amides is 1. The summed E-state index contributed by atoms with van der Waals surface area (Å²) in [6, 6.07) is 11.4. The smallest absolute Gasteiger partial charge is 0.261 e. The Hall–Kier alpha value is -2.54. The predicted molar refractivity (Wildman–Crippen MR) is 164 cm³/mol. The molecule has 4 nitrogen and oxygen atoms in total. The Morgan fingerprint density at radius 2 is 1.72 bits per heavy atom. The second kappa shape index (κ2) is 27.0. The van der Waals surface area contributed by atoms with Gasteiger partial charge in [0.15, 0.2) is 11.6 Å². The van der Waals surface area contributed by atoms with Crippen molar-refractivity contribution in [2.24, 2.45) is 0 Å². The van der Waals surface area contributed by atoms with Gasteiger partial charge in [0, 0.05) is 24.5 Å². The van der Waals surface area contributed by atoms with E-state index in [0.717, 1.165) is 68.8 Å². The fourth-order valence-corrected chi connectivity index (χ4v) is 3.29. The van der Waals surface area contributed by atoms with Crippen molar-refractivity contribution in [3.8, 4) is 0 Å². The van der Waals surface area contributed by atoms with Crippen molar-refractivity contribution < 1.29 is 18.4 Å². The molecule has 0 aromatic heterocycles. The number of benzene rings is 2. The number of rotatable bonds is 13. The highest BCUT2D eigenvalue weighted by Gasteiger charge is 2.23. The van der Waals surface area contributed by atoms with Crippen LogP contribution in [-0.2, 0) is 11.2 Å². The largest absolute Gasteiger partial charge is 0.317 e. The fraction of sp³-hybridized carbons (Fsp3) is 0.419. The van der Waals surface area contributed by atoms with E-state index in [-0.39, 0.29) is 5.56 Å². The molecule has 0 fully saturated rings. The first-order chi connectivity index (χ1) is 18.9. The number of aryl methyl sites for hydroxylation is 1. The molecule has 0 unspecified atom stereocenters. The second-order valence-corrected chi connectivity index (χ2v) is 8.22. The van der Waals surface area contributed by atoms with Crippen molar-refractivity contribution in [3.63, 3.8) is 0 Å². The Balaban J connectivity index is 0. The fourth-order valence-electron chi connectivity index (χ4n) is 3.29. The summed E-state index contributed by atoms with van der Waals surface area (Å²) in [5, 5.41) is 3.26. The summed E-state index contributed by atoms with van der Waals surface area (Å²) >= 11 is 9.71. The van der Waals surface area contributed by atoms with Crippen molar-refractivity contribution in [1.82, 2.24) is 5.32 Å². The summed E-state index contributed by atoms with van der Waals surface area (Å²) in [5.74, 6) is -2.04. The maximum absolute atomic E-state index is 14.2. The van der Waals surface area contributed by atoms with Crippen LogP contribution in [0.3, 0.4) is 0 Å². The standard InChI is InChI=1S/C22H28F2N2O.C5H8O.C3H5Cl.CH3Cl/c1-3-10-17-11-5-6-14-20(17)26(16-8-7-15-25-4-2)22(27)18-12-9-13-19(23)21(18)24;1-2-3-4-5-6;1-2-3-4;1-2/h5-6,9,11-14,25H,3-4,7-8,10,15-16H2,1-2H3;3-5H,2H2,1H3;2H,1,3H2;1H3/b;4-3+;;. The molecule has 1 amide bonds. The van der Waals surface area contributed by atoms with Gasteiger partial charge in [-0.3, -0.25) is 9.59 Å². The number of nitrogens with zero attached hydrogens (tertiary/aromatic N) is 1. The Labute approximate surface area is 244 Å². The van der Waals surface area contributed by atoms with Gasteiger partial charge in [0.1, 0.15) is 6.29 Å². The SMILES string of the molecule is C=CCCl.CC/C=C/C=O.CCCc1ccccc1N(CCCCNCC)C(=O)c1cccc(F)c1F.CCl. The normalized spacial score (nSPS) is 9.74. The summed E-state index contributed by atoms with van der Waals surface area (Å²) in [6.45, 7) is 11.7. The molecule has 0 heterocycles. The van der Waals surface area contributed by atoms with E-state index < -0.39 is 17.5 Å². The molecule has 2 rings (SSSR count). The minimum Gasteiger partial charge on any atom is -0.317 e. The third-order valence-corrected chi connectivity index (χ3v) is 5.24. The van der Waals surface area contributed by atoms with E-state index in [2.05, 4.69) is 30.4 Å². The molecule has 218 valence electrons. The number of para-hydroxylation sites is 1. The van der Waals surface area contributed by atoms with Crippen LogP contribution in [0.15, 0.2) is 67.3 Å². The third-order valence-electron chi connectivity index (χ3n) is 5.02. The molecule has 0 atom stereocenters. The lowest BCUT2D eigenvalue weighted by Crippen LogP contribution is -2.34.